The second kappa shape index (κ2) is 3.43. The van der Waals surface area contributed by atoms with Gasteiger partial charge in [0, 0.05) is 13.2 Å². The summed E-state index contributed by atoms with van der Waals surface area (Å²) in [6, 6.07) is 6.45. The summed E-state index contributed by atoms with van der Waals surface area (Å²) in [5.41, 5.74) is 0.454. The molecule has 0 aromatic carbocycles. The lowest BCUT2D eigenvalue weighted by Crippen LogP contribution is -2.24. The van der Waals surface area contributed by atoms with Gasteiger partial charge in [-0.25, -0.2) is 4.98 Å². The highest BCUT2D eigenvalue weighted by molar-refractivity contribution is 5.92. The Morgan fingerprint density at radius 2 is 2.17 bits per heavy atom. The number of carbonyl (C=O) groups excluding carboxylic acids is 1. The standard InChI is InChI=1S/C12H9N3O3/c1-14-8(12(17)18)6-7-10(14)13-9-4-2-3-5-15(9)11(7)16/h2-6H,1H3,(H,17,18)/p-1. The van der Waals surface area contributed by atoms with Gasteiger partial charge in [0.05, 0.1) is 17.0 Å². The van der Waals surface area contributed by atoms with Crippen molar-refractivity contribution in [2.45, 2.75) is 0 Å². The van der Waals surface area contributed by atoms with Crippen molar-refractivity contribution in [3.63, 3.8) is 0 Å². The Kier molecular flexibility index (Phi) is 2.00. The molecular weight excluding hydrogens is 234 g/mol. The normalized spacial score (nSPS) is 11.2. The number of carbonyl (C=O) groups is 1. The number of fused-ring (bicyclic) bond motifs is 2. The van der Waals surface area contributed by atoms with Gasteiger partial charge in [0.1, 0.15) is 11.3 Å². The van der Waals surface area contributed by atoms with Crippen molar-refractivity contribution in [1.29, 1.82) is 0 Å². The van der Waals surface area contributed by atoms with Gasteiger partial charge >= 0.3 is 0 Å². The minimum atomic E-state index is -1.33. The summed E-state index contributed by atoms with van der Waals surface area (Å²) in [6.07, 6.45) is 1.59. The number of hydrogen-bond donors (Lipinski definition) is 0. The van der Waals surface area contributed by atoms with Crippen molar-refractivity contribution in [3.8, 4) is 0 Å². The molecule has 6 nitrogen and oxygen atoms in total. The Balaban J connectivity index is 2.57. The van der Waals surface area contributed by atoms with Crippen LogP contribution in [0.15, 0.2) is 35.3 Å². The smallest absolute Gasteiger partial charge is 0.267 e. The van der Waals surface area contributed by atoms with Crippen molar-refractivity contribution in [1.82, 2.24) is 14.0 Å². The molecule has 18 heavy (non-hydrogen) atoms. The summed E-state index contributed by atoms with van der Waals surface area (Å²) in [6.45, 7) is 0. The van der Waals surface area contributed by atoms with Crippen LogP contribution in [0.4, 0.5) is 0 Å². The van der Waals surface area contributed by atoms with Gasteiger partial charge in [-0.05, 0) is 18.2 Å². The first-order valence-corrected chi connectivity index (χ1v) is 5.28. The number of aromatic nitrogens is 3. The van der Waals surface area contributed by atoms with Crippen molar-refractivity contribution in [2.75, 3.05) is 0 Å². The van der Waals surface area contributed by atoms with Crippen LogP contribution in [0.2, 0.25) is 0 Å². The van der Waals surface area contributed by atoms with Gasteiger partial charge in [0.2, 0.25) is 0 Å². The molecular formula is C12H8N3O3-. The largest absolute Gasteiger partial charge is 0.543 e. The van der Waals surface area contributed by atoms with Gasteiger partial charge in [-0.2, -0.15) is 0 Å². The van der Waals surface area contributed by atoms with Crippen LogP contribution in [0.25, 0.3) is 16.7 Å². The van der Waals surface area contributed by atoms with Crippen molar-refractivity contribution in [3.05, 3.63) is 46.5 Å². The predicted octanol–water partition coefficient (Wildman–Crippen LogP) is -0.450. The zero-order valence-electron chi connectivity index (χ0n) is 9.45. The molecule has 3 heterocycles. The van der Waals surface area contributed by atoms with Crippen LogP contribution in [0, 0.1) is 0 Å². The van der Waals surface area contributed by atoms with Crippen molar-refractivity contribution in [2.24, 2.45) is 7.05 Å². The molecule has 0 aliphatic heterocycles. The molecule has 0 amide bonds. The fourth-order valence-corrected chi connectivity index (χ4v) is 2.02. The van der Waals surface area contributed by atoms with Crippen LogP contribution in [-0.4, -0.2) is 19.9 Å². The Hall–Kier alpha value is -2.63. The molecule has 0 radical (unpaired) electrons. The Morgan fingerprint density at radius 3 is 2.89 bits per heavy atom. The minimum Gasteiger partial charge on any atom is -0.543 e. The van der Waals surface area contributed by atoms with E-state index in [-0.39, 0.29) is 16.6 Å². The monoisotopic (exact) mass is 242 g/mol. The number of aromatic carboxylic acids is 1. The van der Waals surface area contributed by atoms with E-state index in [1.807, 2.05) is 0 Å². The molecule has 0 fully saturated rings. The first-order chi connectivity index (χ1) is 8.59. The molecule has 0 unspecified atom stereocenters. The quantitative estimate of drug-likeness (QED) is 0.579. The third-order valence-electron chi connectivity index (χ3n) is 2.92. The summed E-state index contributed by atoms with van der Waals surface area (Å²) in [7, 11) is 1.54. The third-order valence-corrected chi connectivity index (χ3v) is 2.92. The lowest BCUT2D eigenvalue weighted by atomic mass is 10.3. The molecule has 3 aromatic rings. The molecule has 0 aliphatic rings. The number of hydrogen-bond acceptors (Lipinski definition) is 4. The lowest BCUT2D eigenvalue weighted by Gasteiger charge is -2.04. The van der Waals surface area contributed by atoms with Crippen LogP contribution in [0.3, 0.4) is 0 Å². The molecule has 0 N–H and O–H groups in total. The number of pyridine rings is 1. The summed E-state index contributed by atoms with van der Waals surface area (Å²) in [4.78, 5) is 27.4. The van der Waals surface area contributed by atoms with Gasteiger partial charge in [0.15, 0.2) is 0 Å². The molecule has 0 bridgehead atoms. The van der Waals surface area contributed by atoms with Crippen molar-refractivity contribution < 1.29 is 9.90 Å². The number of rotatable bonds is 1. The third kappa shape index (κ3) is 1.26. The SMILES string of the molecule is Cn1c(C(=O)[O-])cc2c(=O)n3ccccc3nc21. The zero-order valence-corrected chi connectivity index (χ0v) is 9.45. The molecule has 90 valence electrons. The maximum Gasteiger partial charge on any atom is 0.267 e. The predicted molar refractivity (Wildman–Crippen MR) is 62.3 cm³/mol. The highest BCUT2D eigenvalue weighted by Crippen LogP contribution is 2.13. The molecule has 0 atom stereocenters. The van der Waals surface area contributed by atoms with Gasteiger partial charge < -0.3 is 14.5 Å². The maximum atomic E-state index is 12.2. The zero-order chi connectivity index (χ0) is 12.9. The second-order valence-corrected chi connectivity index (χ2v) is 3.96. The van der Waals surface area contributed by atoms with Crippen LogP contribution in [-0.2, 0) is 7.05 Å². The summed E-state index contributed by atoms with van der Waals surface area (Å²) < 4.78 is 2.72. The average molecular weight is 242 g/mol. The molecule has 0 saturated carbocycles. The van der Waals surface area contributed by atoms with E-state index in [1.54, 1.807) is 31.4 Å². The highest BCUT2D eigenvalue weighted by Gasteiger charge is 2.12. The molecule has 0 spiro atoms. The van der Waals surface area contributed by atoms with Crippen LogP contribution in [0.1, 0.15) is 10.5 Å². The Labute approximate surface area is 101 Å². The summed E-state index contributed by atoms with van der Waals surface area (Å²) in [5, 5.41) is 11.2. The maximum absolute atomic E-state index is 12.2. The van der Waals surface area contributed by atoms with E-state index in [0.29, 0.717) is 11.3 Å². The number of carboxylic acid groups (broad SMARTS) is 1. The minimum absolute atomic E-state index is 0.0643. The number of carboxylic acids is 1. The fraction of sp³-hybridized carbons (Fsp3) is 0.0833. The lowest BCUT2D eigenvalue weighted by molar-refractivity contribution is -0.255. The van der Waals surface area contributed by atoms with E-state index in [1.165, 1.54) is 15.0 Å². The van der Waals surface area contributed by atoms with E-state index in [4.69, 9.17) is 0 Å². The van der Waals surface area contributed by atoms with E-state index in [2.05, 4.69) is 4.98 Å². The van der Waals surface area contributed by atoms with Gasteiger partial charge in [-0.15, -0.1) is 0 Å². The van der Waals surface area contributed by atoms with E-state index in [9.17, 15) is 14.7 Å². The fourth-order valence-electron chi connectivity index (χ4n) is 2.02. The van der Waals surface area contributed by atoms with E-state index >= 15 is 0 Å². The van der Waals surface area contributed by atoms with Crippen LogP contribution in [0.5, 0.6) is 0 Å². The average Bonchev–Trinajstić information content (AvgIpc) is 2.68. The number of nitrogens with zero attached hydrogens (tertiary/aromatic N) is 3. The number of aryl methyl sites for hydroxylation is 1. The van der Waals surface area contributed by atoms with E-state index < -0.39 is 5.97 Å². The molecule has 6 heteroatoms. The highest BCUT2D eigenvalue weighted by atomic mass is 16.4. The first kappa shape index (κ1) is 10.5. The molecule has 0 aliphatic carbocycles. The molecule has 3 rings (SSSR count). The Morgan fingerprint density at radius 1 is 1.39 bits per heavy atom. The first-order valence-electron chi connectivity index (χ1n) is 5.28. The van der Waals surface area contributed by atoms with Crippen LogP contribution < -0.4 is 10.7 Å². The summed E-state index contributed by atoms with van der Waals surface area (Å²) >= 11 is 0. The molecule has 3 aromatic heterocycles. The summed E-state index contributed by atoms with van der Waals surface area (Å²) in [5.74, 6) is -1.33. The van der Waals surface area contributed by atoms with Gasteiger partial charge in [-0.1, -0.05) is 6.07 Å². The van der Waals surface area contributed by atoms with Crippen LogP contribution >= 0.6 is 0 Å². The van der Waals surface area contributed by atoms with Gasteiger partial charge in [-0.3, -0.25) is 9.20 Å². The van der Waals surface area contributed by atoms with Crippen molar-refractivity contribution >= 4 is 22.6 Å². The topological polar surface area (TPSA) is 79.4 Å². The van der Waals surface area contributed by atoms with Gasteiger partial charge in [0.25, 0.3) is 5.56 Å². The molecule has 0 saturated heterocycles. The van der Waals surface area contributed by atoms with E-state index in [0.717, 1.165) is 0 Å². The Bertz CT molecular complexity index is 845. The second-order valence-electron chi connectivity index (χ2n) is 3.96.